The van der Waals surface area contributed by atoms with E-state index in [1.54, 1.807) is 21.3 Å². The van der Waals surface area contributed by atoms with Gasteiger partial charge < -0.3 is 78.1 Å². The first-order chi connectivity index (χ1) is 28.8. The van der Waals surface area contributed by atoms with Crippen LogP contribution >= 0.6 is 0 Å². The van der Waals surface area contributed by atoms with Gasteiger partial charge in [-0.05, 0) is 64.8 Å². The van der Waals surface area contributed by atoms with E-state index in [-0.39, 0.29) is 6.61 Å². The number of ether oxygens (including phenoxy) is 10. The summed E-state index contributed by atoms with van der Waals surface area (Å²) in [6.45, 7) is 33.0. The summed E-state index contributed by atoms with van der Waals surface area (Å²) in [6, 6.07) is 2.74. The first-order valence-electron chi connectivity index (χ1n) is 22.0. The van der Waals surface area contributed by atoms with Crippen LogP contribution in [0, 0.1) is 0 Å². The lowest BCUT2D eigenvalue weighted by molar-refractivity contribution is -0.0268. The van der Waals surface area contributed by atoms with Crippen LogP contribution in [0.4, 0.5) is 0 Å². The predicted octanol–water partition coefficient (Wildman–Crippen LogP) is 5.06. The molecule has 0 saturated carbocycles. The van der Waals surface area contributed by atoms with E-state index in [1.165, 1.54) is 0 Å². The van der Waals surface area contributed by atoms with Crippen LogP contribution in [0.2, 0.25) is 83.6 Å². The number of hydrogen-bond donors (Lipinski definition) is 1. The predicted molar refractivity (Wildman–Crippen MR) is 252 cm³/mol. The van der Waals surface area contributed by atoms with Crippen molar-refractivity contribution < 1.29 is 78.1 Å². The van der Waals surface area contributed by atoms with Crippen LogP contribution in [0.3, 0.4) is 0 Å². The van der Waals surface area contributed by atoms with Crippen molar-refractivity contribution in [2.24, 2.45) is 0 Å². The Labute approximate surface area is 376 Å². The average Bonchev–Trinajstić information content (AvgIpc) is 3.17. The van der Waals surface area contributed by atoms with Gasteiger partial charge in [-0.3, -0.25) is 0 Å². The van der Waals surface area contributed by atoms with Gasteiger partial charge in [0.15, 0.2) is 16.2 Å². The number of aliphatic hydroxyl groups excluding tert-OH is 1. The largest absolute Gasteiger partial charge is 0.499 e. The fourth-order valence-corrected chi connectivity index (χ4v) is 37.2. The van der Waals surface area contributed by atoms with Crippen LogP contribution in [0.15, 0.2) is 0 Å². The molecule has 0 radical (unpaired) electrons. The Morgan fingerprint density at radius 2 is 0.623 bits per heavy atom. The van der Waals surface area contributed by atoms with Crippen molar-refractivity contribution in [2.75, 3.05) is 160 Å². The van der Waals surface area contributed by atoms with Gasteiger partial charge in [-0.1, -0.05) is 19.1 Å². The maximum Gasteiger partial charge on any atom is 0.499 e. The van der Waals surface area contributed by atoms with E-state index in [1.807, 2.05) is 0 Å². The third-order valence-corrected chi connectivity index (χ3v) is 42.9. The minimum absolute atomic E-state index is 0.0227. The Morgan fingerprint density at radius 3 is 0.934 bits per heavy atom. The van der Waals surface area contributed by atoms with Crippen LogP contribution < -0.4 is 0 Å². The zero-order valence-corrected chi connectivity index (χ0v) is 46.7. The highest BCUT2D eigenvalue weighted by molar-refractivity contribution is 7.39. The SMILES string of the molecule is CO[Si](CC[Si](C)(C)O[Si](C)(C)O[Si](C)(C)O[Si](C)(C)[Si](C)(C)CCCOCCOCCOCCOCCOCCOCCOCCOCCOCCOCCO)(OC)OC. The molecular formula is C38H90O17Si6. The maximum absolute atomic E-state index is 8.61. The van der Waals surface area contributed by atoms with Crippen molar-refractivity contribution in [3.05, 3.63) is 0 Å². The second-order valence-electron chi connectivity index (χ2n) is 17.0. The van der Waals surface area contributed by atoms with Crippen molar-refractivity contribution in [2.45, 2.75) is 90.0 Å². The summed E-state index contributed by atoms with van der Waals surface area (Å²) in [5.41, 5.74) is 0. The standard InChI is InChI=1S/C38H90O17Si6/c1-40-61(41-2,42-3)38-37-56(4,5)53-58(8,9)54-59(10,11)55-60(12,13)57(6,7)36-14-16-43-18-20-45-22-24-47-26-28-49-30-32-51-34-35-52-33-31-50-29-27-48-25-23-46-21-19-44-17-15-39/h39H,14-38H2,1-13H3. The molecule has 0 aromatic carbocycles. The summed E-state index contributed by atoms with van der Waals surface area (Å²) >= 11 is 0. The second kappa shape index (κ2) is 35.8. The van der Waals surface area contributed by atoms with Gasteiger partial charge in [0.25, 0.3) is 0 Å². The van der Waals surface area contributed by atoms with Crippen LogP contribution in [0.1, 0.15) is 6.42 Å². The lowest BCUT2D eigenvalue weighted by Gasteiger charge is -2.45. The molecule has 0 aliphatic carbocycles. The van der Waals surface area contributed by atoms with E-state index in [9.17, 15) is 0 Å². The van der Waals surface area contributed by atoms with Gasteiger partial charge >= 0.3 is 25.9 Å². The summed E-state index contributed by atoms with van der Waals surface area (Å²) in [4.78, 5) is 0. The Hall–Kier alpha value is 0.621. The van der Waals surface area contributed by atoms with Crippen LogP contribution in [0.5, 0.6) is 0 Å². The zero-order chi connectivity index (χ0) is 46.0. The van der Waals surface area contributed by atoms with E-state index in [0.717, 1.165) is 24.6 Å². The molecular weight excluding hydrogens is 897 g/mol. The van der Waals surface area contributed by atoms with E-state index in [0.29, 0.717) is 132 Å². The van der Waals surface area contributed by atoms with Gasteiger partial charge in [0, 0.05) is 34.0 Å². The maximum atomic E-state index is 8.61. The van der Waals surface area contributed by atoms with Gasteiger partial charge in [-0.25, -0.2) is 0 Å². The number of aliphatic hydroxyl groups is 1. The molecule has 61 heavy (non-hydrogen) atoms. The molecule has 0 aliphatic rings. The molecule has 0 atom stereocenters. The Kier molecular flexibility index (Phi) is 36.1. The molecule has 0 spiro atoms. The molecule has 0 saturated heterocycles. The topological polar surface area (TPSA) is 168 Å². The van der Waals surface area contributed by atoms with Crippen molar-refractivity contribution in [3.8, 4) is 0 Å². The molecule has 17 nitrogen and oxygen atoms in total. The first kappa shape index (κ1) is 61.6. The minimum atomic E-state index is -2.66. The van der Waals surface area contributed by atoms with E-state index >= 15 is 0 Å². The Bertz CT molecular complexity index is 1010. The molecule has 0 bridgehead atoms. The van der Waals surface area contributed by atoms with E-state index in [2.05, 4.69) is 65.5 Å². The summed E-state index contributed by atoms with van der Waals surface area (Å²) in [6.07, 6.45) is 1.01. The molecule has 0 aromatic heterocycles. The Morgan fingerprint density at radius 1 is 0.328 bits per heavy atom. The Balaban J connectivity index is 3.85. The summed E-state index contributed by atoms with van der Waals surface area (Å²) < 4.78 is 92.7. The number of rotatable bonds is 46. The van der Waals surface area contributed by atoms with E-state index in [4.69, 9.17) is 78.1 Å². The molecule has 0 heterocycles. The summed E-state index contributed by atoms with van der Waals surface area (Å²) in [7, 11) is -8.42. The summed E-state index contributed by atoms with van der Waals surface area (Å²) in [5, 5.41) is 8.61. The molecule has 0 rings (SSSR count). The molecule has 0 aromatic rings. The second-order valence-corrected chi connectivity index (χ2v) is 47.1. The monoisotopic (exact) mass is 986 g/mol. The lowest BCUT2D eigenvalue weighted by Crippen LogP contribution is -2.64. The molecule has 0 unspecified atom stereocenters. The molecule has 368 valence electrons. The van der Waals surface area contributed by atoms with Crippen LogP contribution in [-0.4, -0.2) is 215 Å². The lowest BCUT2D eigenvalue weighted by atomic mass is 10.5. The average molecular weight is 988 g/mol. The molecule has 1 N–H and O–H groups in total. The van der Waals surface area contributed by atoms with Crippen molar-refractivity contribution in [3.63, 3.8) is 0 Å². The molecule has 0 aliphatic heterocycles. The third kappa shape index (κ3) is 33.7. The fourth-order valence-electron chi connectivity index (χ4n) is 6.18. The van der Waals surface area contributed by atoms with Gasteiger partial charge in [-0.2, -0.15) is 0 Å². The molecule has 0 amide bonds. The van der Waals surface area contributed by atoms with Gasteiger partial charge in [0.2, 0.25) is 0 Å². The third-order valence-electron chi connectivity index (χ3n) is 9.78. The smallest absolute Gasteiger partial charge is 0.439 e. The highest BCUT2D eigenvalue weighted by Gasteiger charge is 2.49. The summed E-state index contributed by atoms with van der Waals surface area (Å²) in [5.74, 6) is 0. The fraction of sp³-hybridized carbons (Fsp3) is 1.00. The normalized spacial score (nSPS) is 13.5. The van der Waals surface area contributed by atoms with Crippen LogP contribution in [0.25, 0.3) is 0 Å². The van der Waals surface area contributed by atoms with Gasteiger partial charge in [0.05, 0.1) is 140 Å². The highest BCUT2D eigenvalue weighted by Crippen LogP contribution is 2.32. The van der Waals surface area contributed by atoms with Gasteiger partial charge in [-0.15, -0.1) is 0 Å². The quantitative estimate of drug-likeness (QED) is 0.0634. The molecule has 23 heteroatoms. The number of hydrogen-bond acceptors (Lipinski definition) is 17. The van der Waals surface area contributed by atoms with Crippen LogP contribution in [-0.2, 0) is 73.0 Å². The molecule has 0 fully saturated rings. The highest BCUT2D eigenvalue weighted by atomic mass is 29.3. The van der Waals surface area contributed by atoms with Crippen molar-refractivity contribution >= 4 is 49.7 Å². The van der Waals surface area contributed by atoms with Gasteiger partial charge in [0.1, 0.15) is 0 Å². The minimum Gasteiger partial charge on any atom is -0.439 e. The zero-order valence-electron chi connectivity index (χ0n) is 40.7. The first-order valence-corrected chi connectivity index (χ1v) is 39.8. The van der Waals surface area contributed by atoms with Crippen molar-refractivity contribution in [1.82, 2.24) is 0 Å². The van der Waals surface area contributed by atoms with E-state index < -0.39 is 49.7 Å². The van der Waals surface area contributed by atoms with Crippen molar-refractivity contribution in [1.29, 1.82) is 0 Å².